The maximum absolute atomic E-state index is 13.1. The third-order valence-electron chi connectivity index (χ3n) is 4.11. The van der Waals surface area contributed by atoms with Gasteiger partial charge in [-0.05, 0) is 23.8 Å². The van der Waals surface area contributed by atoms with E-state index in [0.717, 1.165) is 18.7 Å². The van der Waals surface area contributed by atoms with Gasteiger partial charge in [0.15, 0.2) is 0 Å². The van der Waals surface area contributed by atoms with E-state index in [2.05, 4.69) is 10.00 Å². The lowest BCUT2D eigenvalue weighted by Gasteiger charge is -2.34. The molecule has 3 rings (SSSR count). The van der Waals surface area contributed by atoms with Crippen molar-refractivity contribution in [1.82, 2.24) is 19.6 Å². The van der Waals surface area contributed by atoms with Crippen LogP contribution in [0.2, 0.25) is 5.02 Å². The Bertz CT molecular complexity index is 710. The number of carbonyl (C=O) groups is 1. The van der Waals surface area contributed by atoms with E-state index in [0.29, 0.717) is 30.4 Å². The van der Waals surface area contributed by atoms with Crippen molar-refractivity contribution in [3.05, 3.63) is 52.6 Å². The van der Waals surface area contributed by atoms with Gasteiger partial charge in [-0.15, -0.1) is 0 Å². The number of piperazine rings is 1. The van der Waals surface area contributed by atoms with Crippen LogP contribution in [0.25, 0.3) is 0 Å². The molecule has 2 aromatic rings. The fourth-order valence-corrected chi connectivity index (χ4v) is 2.97. The topological polar surface area (TPSA) is 41.4 Å². The molecule has 5 nitrogen and oxygen atoms in total. The number of aromatic nitrogens is 2. The third-order valence-corrected chi connectivity index (χ3v) is 4.46. The molecule has 1 aliphatic rings. The number of hydrogen-bond acceptors (Lipinski definition) is 3. The van der Waals surface area contributed by atoms with Crippen molar-refractivity contribution < 1.29 is 9.18 Å². The molecular weight excluding hydrogens is 319 g/mol. The summed E-state index contributed by atoms with van der Waals surface area (Å²) >= 11 is 6.07. The molecule has 0 aliphatic carbocycles. The molecule has 122 valence electrons. The average molecular weight is 337 g/mol. The molecule has 23 heavy (non-hydrogen) atoms. The van der Waals surface area contributed by atoms with Gasteiger partial charge in [0, 0.05) is 51.0 Å². The standard InChI is InChI=1S/C16H18ClFN4O/c1-20-15(4-5-19-20)16(23)22-8-6-21(7-9-22)11-12-2-3-13(18)10-14(12)17/h2-5,10H,6-9,11H2,1H3. The normalized spacial score (nSPS) is 15.9. The molecule has 2 heterocycles. The summed E-state index contributed by atoms with van der Waals surface area (Å²) in [5, 5.41) is 4.48. The van der Waals surface area contributed by atoms with Crippen LogP contribution in [0.1, 0.15) is 16.1 Å². The minimum absolute atomic E-state index is 0.00413. The zero-order valence-electron chi connectivity index (χ0n) is 12.9. The Hall–Kier alpha value is -1.92. The van der Waals surface area contributed by atoms with Crippen LogP contribution < -0.4 is 0 Å². The van der Waals surface area contributed by atoms with E-state index in [4.69, 9.17) is 11.6 Å². The number of rotatable bonds is 3. The quantitative estimate of drug-likeness (QED) is 0.862. The Balaban J connectivity index is 1.58. The van der Waals surface area contributed by atoms with Crippen molar-refractivity contribution in [1.29, 1.82) is 0 Å². The molecule has 0 N–H and O–H groups in total. The molecule has 1 aliphatic heterocycles. The Labute approximate surface area is 139 Å². The second-order valence-corrected chi connectivity index (χ2v) is 6.05. The van der Waals surface area contributed by atoms with Gasteiger partial charge in [-0.25, -0.2) is 4.39 Å². The second kappa shape index (κ2) is 6.68. The summed E-state index contributed by atoms with van der Waals surface area (Å²) in [6.45, 7) is 3.49. The molecule has 0 spiro atoms. The molecule has 7 heteroatoms. The van der Waals surface area contributed by atoms with Crippen molar-refractivity contribution in [3.63, 3.8) is 0 Å². The van der Waals surface area contributed by atoms with Gasteiger partial charge in [0.2, 0.25) is 0 Å². The lowest BCUT2D eigenvalue weighted by Crippen LogP contribution is -2.48. The predicted octanol–water partition coefficient (Wildman–Crippen LogP) is 2.17. The lowest BCUT2D eigenvalue weighted by atomic mass is 10.2. The van der Waals surface area contributed by atoms with Crippen molar-refractivity contribution in [2.75, 3.05) is 26.2 Å². The number of carbonyl (C=O) groups excluding carboxylic acids is 1. The monoisotopic (exact) mass is 336 g/mol. The van der Waals surface area contributed by atoms with Gasteiger partial charge in [0.05, 0.1) is 0 Å². The highest BCUT2D eigenvalue weighted by atomic mass is 35.5. The van der Waals surface area contributed by atoms with Crippen molar-refractivity contribution in [2.45, 2.75) is 6.54 Å². The molecule has 1 saturated heterocycles. The maximum Gasteiger partial charge on any atom is 0.272 e. The van der Waals surface area contributed by atoms with E-state index in [1.165, 1.54) is 12.1 Å². The molecule has 0 bridgehead atoms. The Morgan fingerprint density at radius 3 is 2.61 bits per heavy atom. The summed E-state index contributed by atoms with van der Waals surface area (Å²) in [4.78, 5) is 16.5. The minimum Gasteiger partial charge on any atom is -0.335 e. The fraction of sp³-hybridized carbons (Fsp3) is 0.375. The summed E-state index contributed by atoms with van der Waals surface area (Å²) in [5.41, 5.74) is 1.50. The molecular formula is C16H18ClFN4O. The summed E-state index contributed by atoms with van der Waals surface area (Å²) in [5.74, 6) is -0.324. The second-order valence-electron chi connectivity index (χ2n) is 5.64. The van der Waals surface area contributed by atoms with Gasteiger partial charge in [-0.1, -0.05) is 17.7 Å². The lowest BCUT2D eigenvalue weighted by molar-refractivity contribution is 0.0617. The van der Waals surface area contributed by atoms with Crippen LogP contribution in [0, 0.1) is 5.82 Å². The molecule has 1 aromatic heterocycles. The van der Waals surface area contributed by atoms with Crippen LogP contribution >= 0.6 is 11.6 Å². The number of amides is 1. The van der Waals surface area contributed by atoms with Crippen LogP contribution in [0.5, 0.6) is 0 Å². The van der Waals surface area contributed by atoms with E-state index in [1.807, 2.05) is 4.90 Å². The minimum atomic E-state index is -0.328. The van der Waals surface area contributed by atoms with Crippen molar-refractivity contribution in [2.24, 2.45) is 7.05 Å². The van der Waals surface area contributed by atoms with Gasteiger partial charge in [-0.3, -0.25) is 14.4 Å². The smallest absolute Gasteiger partial charge is 0.272 e. The first kappa shape index (κ1) is 16.0. The largest absolute Gasteiger partial charge is 0.335 e. The number of benzene rings is 1. The van der Waals surface area contributed by atoms with Crippen LogP contribution in [0.15, 0.2) is 30.5 Å². The van der Waals surface area contributed by atoms with E-state index in [9.17, 15) is 9.18 Å². The SMILES string of the molecule is Cn1nccc1C(=O)N1CCN(Cc2ccc(F)cc2Cl)CC1. The molecule has 1 aromatic carbocycles. The molecule has 1 amide bonds. The highest BCUT2D eigenvalue weighted by Gasteiger charge is 2.24. The van der Waals surface area contributed by atoms with Gasteiger partial charge < -0.3 is 4.90 Å². The Kier molecular flexibility index (Phi) is 4.63. The summed E-state index contributed by atoms with van der Waals surface area (Å²) in [6.07, 6.45) is 1.63. The Morgan fingerprint density at radius 1 is 1.26 bits per heavy atom. The van der Waals surface area contributed by atoms with E-state index >= 15 is 0 Å². The van der Waals surface area contributed by atoms with E-state index < -0.39 is 0 Å². The summed E-state index contributed by atoms with van der Waals surface area (Å²) in [7, 11) is 1.76. The molecule has 0 atom stereocenters. The first-order chi connectivity index (χ1) is 11.0. The van der Waals surface area contributed by atoms with Gasteiger partial charge in [0.25, 0.3) is 5.91 Å². The van der Waals surface area contributed by atoms with Crippen LogP contribution in [0.4, 0.5) is 4.39 Å². The van der Waals surface area contributed by atoms with Gasteiger partial charge >= 0.3 is 0 Å². The average Bonchev–Trinajstić information content (AvgIpc) is 2.96. The number of hydrogen-bond donors (Lipinski definition) is 0. The molecule has 1 fully saturated rings. The third kappa shape index (κ3) is 3.54. The number of aryl methyl sites for hydroxylation is 1. The van der Waals surface area contributed by atoms with E-state index in [-0.39, 0.29) is 11.7 Å². The van der Waals surface area contributed by atoms with Gasteiger partial charge in [0.1, 0.15) is 11.5 Å². The van der Waals surface area contributed by atoms with Crippen molar-refractivity contribution in [3.8, 4) is 0 Å². The zero-order valence-corrected chi connectivity index (χ0v) is 13.6. The molecule has 0 unspecified atom stereocenters. The van der Waals surface area contributed by atoms with Gasteiger partial charge in [-0.2, -0.15) is 5.10 Å². The highest BCUT2D eigenvalue weighted by Crippen LogP contribution is 2.20. The fourth-order valence-electron chi connectivity index (χ4n) is 2.75. The summed E-state index contributed by atoms with van der Waals surface area (Å²) in [6, 6.07) is 6.19. The maximum atomic E-state index is 13.1. The van der Waals surface area contributed by atoms with Crippen molar-refractivity contribution >= 4 is 17.5 Å². The first-order valence-corrected chi connectivity index (χ1v) is 7.86. The first-order valence-electron chi connectivity index (χ1n) is 7.48. The zero-order chi connectivity index (χ0) is 16.4. The highest BCUT2D eigenvalue weighted by molar-refractivity contribution is 6.31. The van der Waals surface area contributed by atoms with Crippen LogP contribution in [0.3, 0.4) is 0 Å². The number of nitrogens with zero attached hydrogens (tertiary/aromatic N) is 4. The van der Waals surface area contributed by atoms with Crippen LogP contribution in [-0.2, 0) is 13.6 Å². The Morgan fingerprint density at radius 2 is 2.00 bits per heavy atom. The molecule has 0 saturated carbocycles. The predicted molar refractivity (Wildman–Crippen MR) is 85.8 cm³/mol. The molecule has 0 radical (unpaired) electrons. The van der Waals surface area contributed by atoms with Crippen LogP contribution in [-0.4, -0.2) is 51.7 Å². The number of halogens is 2. The van der Waals surface area contributed by atoms with E-state index in [1.54, 1.807) is 30.1 Å². The summed E-state index contributed by atoms with van der Waals surface area (Å²) < 4.78 is 14.7.